The Labute approximate surface area is 772 Å². The maximum atomic E-state index is 13.9. The molecule has 0 aliphatic rings. The highest BCUT2D eigenvalue weighted by atomic mass is 35.5. The number of rotatable bonds is 32. The minimum absolute atomic E-state index is 0.0406. The summed E-state index contributed by atoms with van der Waals surface area (Å²) in [5.74, 6) is 3.25. The van der Waals surface area contributed by atoms with Crippen molar-refractivity contribution in [2.75, 3.05) is 52.4 Å². The lowest BCUT2D eigenvalue weighted by Gasteiger charge is -2.10. The van der Waals surface area contributed by atoms with Crippen LogP contribution in [0, 0.1) is 33.5 Å². The van der Waals surface area contributed by atoms with Crippen molar-refractivity contribution < 1.29 is 76.1 Å². The maximum Gasteiger partial charge on any atom is 0.416 e. The van der Waals surface area contributed by atoms with Crippen molar-refractivity contribution in [2.45, 2.75) is 87.2 Å². The van der Waals surface area contributed by atoms with Crippen LogP contribution < -0.4 is 40.2 Å². The molecule has 4 aromatic heterocycles. The van der Waals surface area contributed by atoms with Crippen LogP contribution in [0.25, 0.3) is 40.3 Å². The molecule has 0 saturated heterocycles. The highest BCUT2D eigenvalue weighted by Gasteiger charge is 2.32. The third-order valence-corrected chi connectivity index (χ3v) is 26.0. The van der Waals surface area contributed by atoms with E-state index in [-0.39, 0.29) is 50.8 Å². The van der Waals surface area contributed by atoms with Crippen LogP contribution in [0.1, 0.15) is 139 Å². The van der Waals surface area contributed by atoms with E-state index in [9.17, 15) is 57.2 Å². The Balaban J connectivity index is 0.000000148. The number of phenols is 4. The van der Waals surface area contributed by atoms with Gasteiger partial charge in [0.2, 0.25) is 23.1 Å². The van der Waals surface area contributed by atoms with E-state index in [2.05, 4.69) is 54.2 Å². The number of nitrogens with one attached hydrogen (secondary N) is 4. The van der Waals surface area contributed by atoms with E-state index >= 15 is 0 Å². The largest absolute Gasteiger partial charge is 0.508 e. The van der Waals surface area contributed by atoms with Gasteiger partial charge in [0, 0.05) is 67.6 Å². The van der Waals surface area contributed by atoms with E-state index < -0.39 is 23.3 Å². The summed E-state index contributed by atoms with van der Waals surface area (Å²) in [6.45, 7) is 23.3. The summed E-state index contributed by atoms with van der Waals surface area (Å²) in [4.78, 5) is 55.3. The number of aryl methyl sites for hydroxylation is 4. The summed E-state index contributed by atoms with van der Waals surface area (Å²) in [7, 11) is 0. The average molecular weight is 1850 g/mol. The molecule has 130 heavy (non-hydrogen) atoms. The number of fused-ring (bicyclic) bond motifs is 4. The van der Waals surface area contributed by atoms with E-state index in [4.69, 9.17) is 30.5 Å². The molecule has 8 N–H and O–H groups in total. The number of thiophene rings is 4. The van der Waals surface area contributed by atoms with Gasteiger partial charge < -0.3 is 60.6 Å². The Hall–Kier alpha value is -12.6. The normalized spacial score (nSPS) is 11.2. The number of ether oxygens (including phenoxy) is 4. The Bertz CT molecular complexity index is 6220. The first-order chi connectivity index (χ1) is 62.6. The predicted molar refractivity (Wildman–Crippen MR) is 517 cm³/mol. The van der Waals surface area contributed by atoms with Gasteiger partial charge in [-0.2, -0.15) is 13.2 Å². The van der Waals surface area contributed by atoms with Gasteiger partial charge >= 0.3 is 6.18 Å². The molecule has 16 aromatic rings. The monoisotopic (exact) mass is 1840 g/mol. The molecule has 0 fully saturated rings. The summed E-state index contributed by atoms with van der Waals surface area (Å²) in [5, 5.41) is 56.3. The van der Waals surface area contributed by atoms with Gasteiger partial charge in [-0.05, 0) is 308 Å². The first-order valence-electron chi connectivity index (χ1n) is 42.5. The van der Waals surface area contributed by atoms with Gasteiger partial charge in [-0.3, -0.25) is 19.2 Å². The fraction of sp³-hybridized carbons (Fsp3) is 0.200. The number of likely N-dealkylation sites (N-methyl/N-ethyl adjacent to an activating group) is 4. The molecule has 0 amide bonds. The van der Waals surface area contributed by atoms with Crippen LogP contribution in [0.4, 0.5) is 17.6 Å². The molecule has 25 heteroatoms. The van der Waals surface area contributed by atoms with Crippen LogP contribution in [0.2, 0.25) is 5.02 Å². The van der Waals surface area contributed by atoms with Crippen molar-refractivity contribution in [3.8, 4) is 69.0 Å². The van der Waals surface area contributed by atoms with Gasteiger partial charge in [0.1, 0.15) is 71.3 Å². The van der Waals surface area contributed by atoms with Crippen LogP contribution in [-0.2, 0) is 31.9 Å². The third-order valence-electron chi connectivity index (χ3n) is 21.3. The van der Waals surface area contributed by atoms with Crippen molar-refractivity contribution in [2.24, 2.45) is 0 Å². The summed E-state index contributed by atoms with van der Waals surface area (Å²) >= 11 is 11.2. The average Bonchev–Trinajstić information content (AvgIpc) is 1.65. The summed E-state index contributed by atoms with van der Waals surface area (Å²) < 4.78 is 80.4. The quantitative estimate of drug-likeness (QED) is 0.0111. The summed E-state index contributed by atoms with van der Waals surface area (Å²) in [6.07, 6.45) is -0.814. The molecule has 0 saturated carbocycles. The standard InChI is InChI=1S/C27H27NO3S.C26H24ClNO3S.C26H22F3NO3S.C26H24FNO3S/c1-4-28-14-13-19-7-10-21(11-8-19)31-26-22-12-9-20(29)16-24(22)32-27(26)25(30)23-15-17(2)5-6-18(23)3;1-3-28-13-12-17-5-9-20(10-6-17)31-25-21-11-8-19(29)15-23(21)32-26(25)24(30)22-14-18(27)7-4-16(22)2;1-2-30-14-13-16-3-10-20(11-4-16)33-24-21-12-9-19(31)15-22(21)34-25(24)23(32)17-5-7-18(8-6-17)26(27,28)29;1-3-28-13-12-17-5-9-20(10-6-17)31-25-21-11-8-19(29)15-23(21)32-26(25)24(30)22-14-18(27)7-4-16(22)2/h5-12,15-16,28-29H,4,13-14H2,1-3H3;4-11,14-15,28-29H,3,12-13H2,1-2H3;3-12,15,30-31H,2,13-14H2,1H3;4-11,14-15,28-29H,3,12-13H2,1-2H3. The smallest absolute Gasteiger partial charge is 0.416 e. The Morgan fingerprint density at radius 1 is 0.338 bits per heavy atom. The number of carbonyl (C=O) groups excluding carboxylic acids is 4. The predicted octanol–water partition coefficient (Wildman–Crippen LogP) is 26.2. The molecule has 4 heterocycles. The Morgan fingerprint density at radius 2 is 0.623 bits per heavy atom. The van der Waals surface area contributed by atoms with Crippen LogP contribution in [0.5, 0.6) is 69.0 Å². The number of ketones is 4. The molecular formula is C105H97ClF4N4O12S4. The zero-order valence-corrected chi connectivity index (χ0v) is 76.8. The number of alkyl halides is 3. The molecule has 0 radical (unpaired) electrons. The van der Waals surface area contributed by atoms with Crippen molar-refractivity contribution in [3.63, 3.8) is 0 Å². The second kappa shape index (κ2) is 44.1. The highest BCUT2D eigenvalue weighted by Crippen LogP contribution is 2.48. The Kier molecular flexibility index (Phi) is 32.3. The van der Waals surface area contributed by atoms with Crippen molar-refractivity contribution in [1.29, 1.82) is 0 Å². The van der Waals surface area contributed by atoms with Gasteiger partial charge in [-0.25, -0.2) is 4.39 Å². The summed E-state index contributed by atoms with van der Waals surface area (Å²) in [5.41, 5.74) is 9.05. The molecule has 668 valence electrons. The number of halogens is 5. The number of aromatic hydroxyl groups is 4. The molecule has 0 aliphatic heterocycles. The number of hydrogen-bond acceptors (Lipinski definition) is 20. The Morgan fingerprint density at radius 3 is 0.931 bits per heavy atom. The highest BCUT2D eigenvalue weighted by molar-refractivity contribution is 7.22. The summed E-state index contributed by atoms with van der Waals surface area (Å²) in [6, 6.07) is 70.4. The third kappa shape index (κ3) is 24.1. The fourth-order valence-corrected chi connectivity index (χ4v) is 18.9. The van der Waals surface area contributed by atoms with E-state index in [1.54, 1.807) is 85.8 Å². The number of hydrogen-bond donors (Lipinski definition) is 8. The molecule has 16 rings (SSSR count). The van der Waals surface area contributed by atoms with Crippen molar-refractivity contribution >= 4 is 120 Å². The van der Waals surface area contributed by atoms with Crippen LogP contribution in [0.15, 0.2) is 249 Å². The lowest BCUT2D eigenvalue weighted by Crippen LogP contribution is -2.15. The van der Waals surface area contributed by atoms with E-state index in [0.717, 1.165) is 166 Å². The van der Waals surface area contributed by atoms with Gasteiger partial charge in [0.05, 0.1) is 5.56 Å². The second-order valence-electron chi connectivity index (χ2n) is 30.8. The van der Waals surface area contributed by atoms with Crippen LogP contribution in [0.3, 0.4) is 0 Å². The fourth-order valence-electron chi connectivity index (χ4n) is 14.2. The second-order valence-corrected chi connectivity index (χ2v) is 35.4. The SMILES string of the molecule is CCNCCc1ccc(Oc2c(C(=O)c3cc(C)ccc3C)sc3cc(O)ccc23)cc1.CCNCCc1ccc(Oc2c(C(=O)c3cc(Cl)ccc3C)sc3cc(O)ccc23)cc1.CCNCCc1ccc(Oc2c(C(=O)c3cc(F)ccc3C)sc3cc(O)ccc23)cc1.CCNCCc1ccc(Oc2c(C(=O)c3ccc(C(F)(F)F)cc3)sc3cc(O)ccc23)cc1. The maximum absolute atomic E-state index is 13.9. The van der Waals surface area contributed by atoms with Gasteiger partial charge in [0.25, 0.3) is 0 Å². The number of carbonyl (C=O) groups is 4. The van der Waals surface area contributed by atoms with E-state index in [0.29, 0.717) is 98.0 Å². The van der Waals surface area contributed by atoms with E-state index in [1.807, 2.05) is 137 Å². The molecule has 0 unspecified atom stereocenters. The topological polar surface area (TPSA) is 234 Å². The lowest BCUT2D eigenvalue weighted by molar-refractivity contribution is -0.137. The van der Waals surface area contributed by atoms with Gasteiger partial charge in [-0.1, -0.05) is 130 Å². The van der Waals surface area contributed by atoms with Gasteiger partial charge in [-0.15, -0.1) is 45.3 Å². The van der Waals surface area contributed by atoms with Crippen LogP contribution >= 0.6 is 56.9 Å². The minimum Gasteiger partial charge on any atom is -0.508 e. The van der Waals surface area contributed by atoms with Crippen molar-refractivity contribution in [3.05, 3.63) is 351 Å². The number of benzene rings is 12. The molecule has 0 atom stereocenters. The zero-order chi connectivity index (χ0) is 92.3. The minimum atomic E-state index is -4.48. The molecule has 16 nitrogen and oxygen atoms in total. The molecule has 0 spiro atoms. The zero-order valence-electron chi connectivity index (χ0n) is 72.7. The van der Waals surface area contributed by atoms with Crippen LogP contribution in [-0.4, -0.2) is 95.9 Å². The molecule has 12 aromatic carbocycles. The van der Waals surface area contributed by atoms with Crippen molar-refractivity contribution in [1.82, 2.24) is 21.3 Å². The first-order valence-corrected chi connectivity index (χ1v) is 46.2. The molecule has 0 aliphatic carbocycles. The molecular weight excluding hydrogens is 1750 g/mol. The van der Waals surface area contributed by atoms with E-state index in [1.165, 1.54) is 75.0 Å². The van der Waals surface area contributed by atoms with Gasteiger partial charge in [0.15, 0.2) is 23.0 Å². The molecule has 0 bridgehead atoms. The lowest BCUT2D eigenvalue weighted by atomic mass is 10.0. The number of phenolic OH excluding ortho intramolecular Hbond substituents is 4. The first kappa shape index (κ1) is 95.0.